The molecule has 2 heteroatoms. The van der Waals surface area contributed by atoms with E-state index < -0.39 is 0 Å². The number of para-hydroxylation sites is 1. The Hall–Kier alpha value is -1.02. The first-order valence-corrected chi connectivity index (χ1v) is 7.88. The molecule has 2 fully saturated rings. The van der Waals surface area contributed by atoms with Crippen LogP contribution in [0.25, 0.3) is 0 Å². The molecule has 1 N–H and O–H groups in total. The van der Waals surface area contributed by atoms with Gasteiger partial charge in [0, 0.05) is 24.8 Å². The summed E-state index contributed by atoms with van der Waals surface area (Å²) in [5.41, 5.74) is 2.64. The number of likely N-dealkylation sites (tertiary alicyclic amines) is 1. The Labute approximate surface area is 117 Å². The van der Waals surface area contributed by atoms with Crippen LogP contribution < -0.4 is 5.32 Å². The predicted molar refractivity (Wildman–Crippen MR) is 81.6 cm³/mol. The summed E-state index contributed by atoms with van der Waals surface area (Å²) in [7, 11) is 0. The van der Waals surface area contributed by atoms with Gasteiger partial charge in [0.25, 0.3) is 0 Å². The van der Waals surface area contributed by atoms with Crippen molar-refractivity contribution in [2.45, 2.75) is 45.1 Å². The molecular formula is C17H26N2. The van der Waals surface area contributed by atoms with Gasteiger partial charge in [0.05, 0.1) is 0 Å². The lowest BCUT2D eigenvalue weighted by Gasteiger charge is -2.37. The molecule has 0 spiro atoms. The monoisotopic (exact) mass is 258 g/mol. The van der Waals surface area contributed by atoms with Gasteiger partial charge in [0.2, 0.25) is 0 Å². The Bertz CT molecular complexity index is 415. The van der Waals surface area contributed by atoms with Gasteiger partial charge in [-0.1, -0.05) is 24.6 Å². The lowest BCUT2D eigenvalue weighted by atomic mass is 9.92. The van der Waals surface area contributed by atoms with E-state index in [2.05, 4.69) is 41.4 Å². The van der Waals surface area contributed by atoms with E-state index in [1.807, 2.05) is 0 Å². The van der Waals surface area contributed by atoms with Crippen LogP contribution in [0.3, 0.4) is 0 Å². The molecule has 2 unspecified atom stereocenters. The highest BCUT2D eigenvalue weighted by Gasteiger charge is 2.34. The van der Waals surface area contributed by atoms with Crippen LogP contribution in [0.15, 0.2) is 24.3 Å². The summed E-state index contributed by atoms with van der Waals surface area (Å²) in [5, 5.41) is 3.60. The van der Waals surface area contributed by atoms with E-state index in [-0.39, 0.29) is 0 Å². The minimum atomic E-state index is 0.896. The van der Waals surface area contributed by atoms with Gasteiger partial charge in [-0.2, -0.15) is 0 Å². The Balaban J connectivity index is 1.51. The van der Waals surface area contributed by atoms with Gasteiger partial charge in [0.1, 0.15) is 0 Å². The Morgan fingerprint density at radius 2 is 2.00 bits per heavy atom. The maximum atomic E-state index is 3.60. The largest absolute Gasteiger partial charge is 0.384 e. The molecule has 0 aromatic heterocycles. The average molecular weight is 258 g/mol. The van der Waals surface area contributed by atoms with Crippen molar-refractivity contribution in [3.05, 3.63) is 29.8 Å². The van der Waals surface area contributed by atoms with Crippen molar-refractivity contribution in [2.24, 2.45) is 5.92 Å². The van der Waals surface area contributed by atoms with E-state index in [1.165, 1.54) is 56.4 Å². The van der Waals surface area contributed by atoms with Crippen molar-refractivity contribution in [1.29, 1.82) is 0 Å². The number of anilines is 1. The molecule has 1 aliphatic heterocycles. The summed E-state index contributed by atoms with van der Waals surface area (Å²) in [6.07, 6.45) is 7.26. The van der Waals surface area contributed by atoms with Gasteiger partial charge in [0.15, 0.2) is 0 Å². The molecule has 1 aliphatic carbocycles. The molecule has 2 nitrogen and oxygen atoms in total. The van der Waals surface area contributed by atoms with Crippen LogP contribution in [-0.2, 0) is 0 Å². The number of hydrogen-bond acceptors (Lipinski definition) is 2. The highest BCUT2D eigenvalue weighted by molar-refractivity contribution is 5.50. The van der Waals surface area contributed by atoms with E-state index in [9.17, 15) is 0 Å². The Morgan fingerprint density at radius 3 is 2.89 bits per heavy atom. The normalized spacial score (nSPS) is 27.2. The van der Waals surface area contributed by atoms with Gasteiger partial charge < -0.3 is 5.32 Å². The Morgan fingerprint density at radius 1 is 1.16 bits per heavy atom. The third kappa shape index (κ3) is 2.94. The predicted octanol–water partition coefficient (Wildman–Crippen LogP) is 3.67. The molecule has 0 radical (unpaired) electrons. The van der Waals surface area contributed by atoms with E-state index in [1.54, 1.807) is 0 Å². The average Bonchev–Trinajstić information content (AvgIpc) is 2.90. The second-order valence-corrected chi connectivity index (χ2v) is 6.18. The fraction of sp³-hybridized carbons (Fsp3) is 0.647. The van der Waals surface area contributed by atoms with Crippen molar-refractivity contribution < 1.29 is 0 Å². The van der Waals surface area contributed by atoms with Crippen molar-refractivity contribution in [2.75, 3.05) is 25.0 Å². The van der Waals surface area contributed by atoms with Crippen LogP contribution in [0, 0.1) is 12.8 Å². The molecule has 1 aromatic rings. The highest BCUT2D eigenvalue weighted by atomic mass is 15.2. The SMILES string of the molecule is Cc1ccccc1NCCN1CCCC2CCCC21. The van der Waals surface area contributed by atoms with Gasteiger partial charge in [-0.15, -0.1) is 0 Å². The van der Waals surface area contributed by atoms with Crippen molar-refractivity contribution >= 4 is 5.69 Å². The van der Waals surface area contributed by atoms with Gasteiger partial charge in [-0.25, -0.2) is 0 Å². The lowest BCUT2D eigenvalue weighted by Crippen LogP contribution is -2.44. The molecule has 2 aliphatic rings. The molecule has 19 heavy (non-hydrogen) atoms. The zero-order chi connectivity index (χ0) is 13.1. The summed E-state index contributed by atoms with van der Waals surface area (Å²) in [6.45, 7) is 5.77. The molecule has 1 heterocycles. The zero-order valence-electron chi connectivity index (χ0n) is 12.1. The molecular weight excluding hydrogens is 232 g/mol. The molecule has 0 amide bonds. The summed E-state index contributed by atoms with van der Waals surface area (Å²) in [5.74, 6) is 1.01. The maximum absolute atomic E-state index is 3.60. The van der Waals surface area contributed by atoms with E-state index >= 15 is 0 Å². The number of fused-ring (bicyclic) bond motifs is 1. The molecule has 1 aromatic carbocycles. The minimum absolute atomic E-state index is 0.896. The van der Waals surface area contributed by atoms with Gasteiger partial charge in [-0.3, -0.25) is 4.90 Å². The fourth-order valence-corrected chi connectivity index (χ4v) is 3.94. The summed E-state index contributed by atoms with van der Waals surface area (Å²) in [4.78, 5) is 2.74. The summed E-state index contributed by atoms with van der Waals surface area (Å²) >= 11 is 0. The fourth-order valence-electron chi connectivity index (χ4n) is 3.94. The summed E-state index contributed by atoms with van der Waals surface area (Å²) in [6, 6.07) is 9.48. The van der Waals surface area contributed by atoms with Crippen LogP contribution >= 0.6 is 0 Å². The van der Waals surface area contributed by atoms with Gasteiger partial charge in [-0.05, 0) is 56.7 Å². The first kappa shape index (κ1) is 13.0. The zero-order valence-corrected chi connectivity index (χ0v) is 12.1. The molecule has 2 atom stereocenters. The minimum Gasteiger partial charge on any atom is -0.384 e. The highest BCUT2D eigenvalue weighted by Crippen LogP contribution is 2.36. The number of benzene rings is 1. The van der Waals surface area contributed by atoms with E-state index in [4.69, 9.17) is 0 Å². The molecule has 1 saturated heterocycles. The number of nitrogens with zero attached hydrogens (tertiary/aromatic N) is 1. The van der Waals surface area contributed by atoms with Crippen molar-refractivity contribution in [1.82, 2.24) is 4.90 Å². The molecule has 104 valence electrons. The van der Waals surface area contributed by atoms with Crippen molar-refractivity contribution in [3.63, 3.8) is 0 Å². The van der Waals surface area contributed by atoms with Crippen LogP contribution in [-0.4, -0.2) is 30.6 Å². The molecule has 0 bridgehead atoms. The smallest absolute Gasteiger partial charge is 0.0370 e. The van der Waals surface area contributed by atoms with Crippen molar-refractivity contribution in [3.8, 4) is 0 Å². The quantitative estimate of drug-likeness (QED) is 0.886. The second-order valence-electron chi connectivity index (χ2n) is 6.18. The maximum Gasteiger partial charge on any atom is 0.0370 e. The van der Waals surface area contributed by atoms with Crippen LogP contribution in [0.5, 0.6) is 0 Å². The number of nitrogens with one attached hydrogen (secondary N) is 1. The Kier molecular flexibility index (Phi) is 4.07. The third-order valence-electron chi connectivity index (χ3n) is 4.97. The third-order valence-corrected chi connectivity index (χ3v) is 4.97. The number of piperidine rings is 1. The topological polar surface area (TPSA) is 15.3 Å². The molecule has 1 saturated carbocycles. The number of aryl methyl sites for hydroxylation is 1. The standard InChI is InChI=1S/C17H26N2/c1-14-6-2-3-9-16(14)18-11-13-19-12-5-8-15-7-4-10-17(15)19/h2-3,6,9,15,17-18H,4-5,7-8,10-13H2,1H3. The van der Waals surface area contributed by atoms with E-state index in [0.717, 1.165) is 18.5 Å². The first-order valence-electron chi connectivity index (χ1n) is 7.88. The van der Waals surface area contributed by atoms with Crippen LogP contribution in [0.1, 0.15) is 37.7 Å². The number of hydrogen-bond donors (Lipinski definition) is 1. The second kappa shape index (κ2) is 5.96. The van der Waals surface area contributed by atoms with Crippen LogP contribution in [0.2, 0.25) is 0 Å². The molecule has 3 rings (SSSR count). The lowest BCUT2D eigenvalue weighted by molar-refractivity contribution is 0.118. The first-order chi connectivity index (χ1) is 9.34. The van der Waals surface area contributed by atoms with Crippen LogP contribution in [0.4, 0.5) is 5.69 Å². The number of rotatable bonds is 4. The van der Waals surface area contributed by atoms with E-state index in [0.29, 0.717) is 0 Å². The summed E-state index contributed by atoms with van der Waals surface area (Å²) < 4.78 is 0. The van der Waals surface area contributed by atoms with Gasteiger partial charge >= 0.3 is 0 Å².